The lowest BCUT2D eigenvalue weighted by Crippen LogP contribution is -2.37. The molecule has 0 bridgehead atoms. The van der Waals surface area contributed by atoms with Crippen molar-refractivity contribution in [2.45, 2.75) is 31.8 Å². The van der Waals surface area contributed by atoms with Crippen molar-refractivity contribution in [3.63, 3.8) is 0 Å². The zero-order valence-electron chi connectivity index (χ0n) is 12.3. The van der Waals surface area contributed by atoms with Crippen LogP contribution < -0.4 is 0 Å². The Bertz CT molecular complexity index is 607. The van der Waals surface area contributed by atoms with Crippen molar-refractivity contribution in [3.05, 3.63) is 71.8 Å². The Morgan fingerprint density at radius 3 is 2.38 bits per heavy atom. The minimum atomic E-state index is 0.388. The third kappa shape index (κ3) is 3.97. The lowest BCUT2D eigenvalue weighted by atomic mass is 10.0. The molecule has 1 aliphatic rings. The largest absolute Gasteiger partial charge is 0.285 e. The smallest absolute Gasteiger partial charge is 0.0721 e. The Kier molecular flexibility index (Phi) is 4.71. The zero-order valence-corrected chi connectivity index (χ0v) is 12.3. The second kappa shape index (κ2) is 7.11. The monoisotopic (exact) mass is 275 g/mol. The van der Waals surface area contributed by atoms with Gasteiger partial charge in [0.1, 0.15) is 0 Å². The van der Waals surface area contributed by atoms with Crippen LogP contribution in [0.15, 0.2) is 60.7 Å². The van der Waals surface area contributed by atoms with Gasteiger partial charge in [-0.15, -0.1) is 0 Å². The van der Waals surface area contributed by atoms with Gasteiger partial charge in [0.2, 0.25) is 0 Å². The minimum absolute atomic E-state index is 0.388. The minimum Gasteiger partial charge on any atom is -0.285 e. The molecule has 0 N–H and O–H groups in total. The van der Waals surface area contributed by atoms with E-state index in [1.54, 1.807) is 0 Å². The molecule has 1 heteroatoms. The summed E-state index contributed by atoms with van der Waals surface area (Å²) in [4.78, 5) is 2.52. The van der Waals surface area contributed by atoms with Crippen molar-refractivity contribution in [1.29, 1.82) is 0 Å². The maximum absolute atomic E-state index is 3.48. The van der Waals surface area contributed by atoms with Crippen molar-refractivity contribution in [3.8, 4) is 11.8 Å². The molecule has 1 aliphatic heterocycles. The van der Waals surface area contributed by atoms with E-state index >= 15 is 0 Å². The van der Waals surface area contributed by atoms with Gasteiger partial charge in [0.25, 0.3) is 0 Å². The summed E-state index contributed by atoms with van der Waals surface area (Å²) in [6.07, 6.45) is 3.77. The van der Waals surface area contributed by atoms with Gasteiger partial charge < -0.3 is 0 Å². The number of hydrogen-bond donors (Lipinski definition) is 0. The van der Waals surface area contributed by atoms with Crippen molar-refractivity contribution in [2.75, 3.05) is 6.54 Å². The number of rotatable bonds is 2. The third-order valence-corrected chi connectivity index (χ3v) is 4.00. The van der Waals surface area contributed by atoms with E-state index in [4.69, 9.17) is 0 Å². The number of hydrogen-bond acceptors (Lipinski definition) is 1. The highest BCUT2D eigenvalue weighted by Gasteiger charge is 2.20. The molecule has 21 heavy (non-hydrogen) atoms. The van der Waals surface area contributed by atoms with Gasteiger partial charge in [0, 0.05) is 12.1 Å². The molecule has 0 spiro atoms. The normalized spacial score (nSPS) is 18.8. The topological polar surface area (TPSA) is 3.24 Å². The lowest BCUT2D eigenvalue weighted by molar-refractivity contribution is 0.178. The molecule has 0 saturated carbocycles. The third-order valence-electron chi connectivity index (χ3n) is 4.00. The molecule has 1 fully saturated rings. The second-order valence-electron chi connectivity index (χ2n) is 5.60. The standard InChI is InChI=1S/C20H21N/c1-3-9-18(10-4-1)14-15-20-13-7-8-16-21(20)17-19-11-5-2-6-12-19/h1-6,9-12,20H,7-8,13,16-17H2/t20-/m1/s1. The van der Waals surface area contributed by atoms with Gasteiger partial charge in [-0.2, -0.15) is 0 Å². The first kappa shape index (κ1) is 13.9. The Morgan fingerprint density at radius 2 is 1.62 bits per heavy atom. The first-order chi connectivity index (χ1) is 10.4. The van der Waals surface area contributed by atoms with E-state index in [1.165, 1.54) is 24.8 Å². The van der Waals surface area contributed by atoms with Crippen LogP contribution in [0.4, 0.5) is 0 Å². The number of benzene rings is 2. The summed E-state index contributed by atoms with van der Waals surface area (Å²) in [5.41, 5.74) is 2.49. The fourth-order valence-electron chi connectivity index (χ4n) is 2.85. The average molecular weight is 275 g/mol. The first-order valence-electron chi connectivity index (χ1n) is 7.76. The predicted molar refractivity (Wildman–Crippen MR) is 87.8 cm³/mol. The summed E-state index contributed by atoms with van der Waals surface area (Å²) >= 11 is 0. The molecule has 2 aromatic rings. The van der Waals surface area contributed by atoms with Crippen LogP contribution >= 0.6 is 0 Å². The molecule has 0 radical (unpaired) electrons. The van der Waals surface area contributed by atoms with E-state index in [2.05, 4.69) is 59.2 Å². The van der Waals surface area contributed by atoms with E-state index < -0.39 is 0 Å². The first-order valence-corrected chi connectivity index (χ1v) is 7.76. The fourth-order valence-corrected chi connectivity index (χ4v) is 2.85. The van der Waals surface area contributed by atoms with Crippen LogP contribution in [0.3, 0.4) is 0 Å². The van der Waals surface area contributed by atoms with E-state index in [9.17, 15) is 0 Å². The Morgan fingerprint density at radius 1 is 0.905 bits per heavy atom. The lowest BCUT2D eigenvalue weighted by Gasteiger charge is -2.32. The summed E-state index contributed by atoms with van der Waals surface area (Å²) < 4.78 is 0. The molecule has 0 aromatic heterocycles. The Labute approximate surface area is 127 Å². The molecule has 0 aliphatic carbocycles. The Hall–Kier alpha value is -2.04. The quantitative estimate of drug-likeness (QED) is 0.746. The zero-order chi connectivity index (χ0) is 14.3. The molecule has 3 rings (SSSR count). The van der Waals surface area contributed by atoms with Crippen molar-refractivity contribution in [1.82, 2.24) is 4.90 Å². The van der Waals surface area contributed by atoms with Crippen molar-refractivity contribution >= 4 is 0 Å². The van der Waals surface area contributed by atoms with Crippen LogP contribution in [0, 0.1) is 11.8 Å². The Balaban J connectivity index is 1.71. The molecule has 0 unspecified atom stereocenters. The summed E-state index contributed by atoms with van der Waals surface area (Å²) in [6, 6.07) is 21.4. The van der Waals surface area contributed by atoms with E-state index in [-0.39, 0.29) is 0 Å². The number of likely N-dealkylation sites (tertiary alicyclic amines) is 1. The van der Waals surface area contributed by atoms with Crippen LogP contribution in [-0.4, -0.2) is 17.5 Å². The van der Waals surface area contributed by atoms with E-state index in [0.717, 1.165) is 18.7 Å². The van der Waals surface area contributed by atoms with E-state index in [1.807, 2.05) is 18.2 Å². The molecule has 1 nitrogen and oxygen atoms in total. The molecule has 106 valence electrons. The van der Waals surface area contributed by atoms with Gasteiger partial charge in [-0.25, -0.2) is 0 Å². The molecule has 0 amide bonds. The summed E-state index contributed by atoms with van der Waals surface area (Å²) in [5.74, 6) is 6.82. The number of nitrogens with zero attached hydrogens (tertiary/aromatic N) is 1. The molecule has 1 saturated heterocycles. The van der Waals surface area contributed by atoms with Crippen LogP contribution in [0.25, 0.3) is 0 Å². The van der Waals surface area contributed by atoms with E-state index in [0.29, 0.717) is 6.04 Å². The molecule has 1 heterocycles. The second-order valence-corrected chi connectivity index (χ2v) is 5.60. The highest BCUT2D eigenvalue weighted by Crippen LogP contribution is 2.19. The highest BCUT2D eigenvalue weighted by atomic mass is 15.2. The SMILES string of the molecule is C(#C[C@H]1CCCCN1Cc1ccccc1)c1ccccc1. The highest BCUT2D eigenvalue weighted by molar-refractivity contribution is 5.35. The van der Waals surface area contributed by atoms with Crippen LogP contribution in [-0.2, 0) is 6.54 Å². The summed E-state index contributed by atoms with van der Waals surface area (Å²) in [7, 11) is 0. The maximum atomic E-state index is 3.48. The van der Waals surface area contributed by atoms with Gasteiger partial charge in [-0.05, 0) is 43.5 Å². The van der Waals surface area contributed by atoms with Gasteiger partial charge in [0.05, 0.1) is 6.04 Å². The van der Waals surface area contributed by atoms with Crippen LogP contribution in [0.2, 0.25) is 0 Å². The molecule has 2 aromatic carbocycles. The predicted octanol–water partition coefficient (Wildman–Crippen LogP) is 4.09. The van der Waals surface area contributed by atoms with Gasteiger partial charge in [-0.1, -0.05) is 60.4 Å². The number of piperidine rings is 1. The van der Waals surface area contributed by atoms with Crippen molar-refractivity contribution < 1.29 is 0 Å². The van der Waals surface area contributed by atoms with Crippen LogP contribution in [0.1, 0.15) is 30.4 Å². The maximum Gasteiger partial charge on any atom is 0.0721 e. The molecule has 1 atom stereocenters. The summed E-state index contributed by atoms with van der Waals surface area (Å²) in [5, 5.41) is 0. The van der Waals surface area contributed by atoms with Gasteiger partial charge in [-0.3, -0.25) is 4.90 Å². The molecular weight excluding hydrogens is 254 g/mol. The van der Waals surface area contributed by atoms with Crippen LogP contribution in [0.5, 0.6) is 0 Å². The molecular formula is C20H21N. The fraction of sp³-hybridized carbons (Fsp3) is 0.300. The summed E-state index contributed by atoms with van der Waals surface area (Å²) in [6.45, 7) is 2.16. The van der Waals surface area contributed by atoms with Gasteiger partial charge in [0.15, 0.2) is 0 Å². The average Bonchev–Trinajstić information content (AvgIpc) is 2.56. The van der Waals surface area contributed by atoms with Crippen molar-refractivity contribution in [2.24, 2.45) is 0 Å². The van der Waals surface area contributed by atoms with Gasteiger partial charge >= 0.3 is 0 Å².